The van der Waals surface area contributed by atoms with Gasteiger partial charge in [0.25, 0.3) is 11.9 Å². The van der Waals surface area contributed by atoms with Crippen molar-refractivity contribution in [2.45, 2.75) is 43.0 Å². The minimum absolute atomic E-state index is 0.136. The quantitative estimate of drug-likeness (QED) is 0.347. The number of amides is 1. The van der Waals surface area contributed by atoms with Crippen LogP contribution in [0.5, 0.6) is 5.75 Å². The molecule has 3 heterocycles. The Morgan fingerprint density at radius 1 is 1.17 bits per heavy atom. The fourth-order valence-corrected chi connectivity index (χ4v) is 6.92. The third-order valence-electron chi connectivity index (χ3n) is 7.72. The fraction of sp³-hybridized carbons (Fsp3) is 0.296. The monoisotopic (exact) mass is 551 g/mol. The molecular formula is C27H23BrFN3O4. The van der Waals surface area contributed by atoms with Crippen LogP contribution < -0.4 is 10.1 Å². The molecule has 4 atom stereocenters. The smallest absolute Gasteiger partial charge is 0.256 e. The van der Waals surface area contributed by atoms with E-state index in [0.29, 0.717) is 33.6 Å². The van der Waals surface area contributed by atoms with E-state index in [1.807, 2.05) is 30.3 Å². The zero-order chi connectivity index (χ0) is 25.0. The molecule has 0 aliphatic carbocycles. The van der Waals surface area contributed by atoms with Crippen molar-refractivity contribution in [2.24, 2.45) is 0 Å². The number of nitrogens with one attached hydrogen (secondary N) is 1. The predicted molar refractivity (Wildman–Crippen MR) is 135 cm³/mol. The topological polar surface area (TPSA) is 84.7 Å². The summed E-state index contributed by atoms with van der Waals surface area (Å²) in [5, 5.41) is 15.6. The van der Waals surface area contributed by atoms with Gasteiger partial charge >= 0.3 is 0 Å². The Kier molecular flexibility index (Phi) is 5.57. The third-order valence-corrected chi connectivity index (χ3v) is 8.34. The van der Waals surface area contributed by atoms with E-state index in [4.69, 9.17) is 4.74 Å². The summed E-state index contributed by atoms with van der Waals surface area (Å²) in [6.07, 6.45) is 1.65. The van der Waals surface area contributed by atoms with Crippen LogP contribution in [0.3, 0.4) is 0 Å². The van der Waals surface area contributed by atoms with E-state index < -0.39 is 17.5 Å². The number of hydrogen-bond donors (Lipinski definition) is 1. The van der Waals surface area contributed by atoms with Crippen LogP contribution in [-0.2, 0) is 16.9 Å². The molecule has 3 aliphatic heterocycles. The summed E-state index contributed by atoms with van der Waals surface area (Å²) >= 11 is 3.56. The van der Waals surface area contributed by atoms with Crippen molar-refractivity contribution in [3.8, 4) is 5.75 Å². The number of halogens is 2. The molecule has 7 nitrogen and oxygen atoms in total. The number of ether oxygens (including phenoxy) is 1. The van der Waals surface area contributed by atoms with Crippen molar-refractivity contribution in [2.75, 3.05) is 11.9 Å². The molecule has 0 bridgehead atoms. The molecule has 9 heteroatoms. The maximum atomic E-state index is 13.5. The second kappa shape index (κ2) is 8.67. The molecule has 3 aromatic carbocycles. The van der Waals surface area contributed by atoms with E-state index in [0.717, 1.165) is 18.4 Å². The van der Waals surface area contributed by atoms with Gasteiger partial charge in [-0.2, -0.15) is 0 Å². The Hall–Kier alpha value is -3.30. The second-order valence-electron chi connectivity index (χ2n) is 9.53. The van der Waals surface area contributed by atoms with Crippen molar-refractivity contribution in [3.63, 3.8) is 0 Å². The third kappa shape index (κ3) is 3.37. The van der Waals surface area contributed by atoms with Gasteiger partial charge in [0, 0.05) is 28.8 Å². The molecule has 2 saturated heterocycles. The van der Waals surface area contributed by atoms with Crippen LogP contribution in [-0.4, -0.2) is 34.4 Å². The number of carbonyl (C=O) groups excluding carboxylic acids is 1. The van der Waals surface area contributed by atoms with Crippen LogP contribution in [0.4, 0.5) is 10.1 Å². The van der Waals surface area contributed by atoms with Crippen LogP contribution in [0.1, 0.15) is 35.4 Å². The Labute approximate surface area is 215 Å². The van der Waals surface area contributed by atoms with E-state index in [-0.39, 0.29) is 29.3 Å². The van der Waals surface area contributed by atoms with Gasteiger partial charge in [-0.05, 0) is 70.2 Å². The lowest BCUT2D eigenvalue weighted by Gasteiger charge is -2.32. The van der Waals surface area contributed by atoms with Gasteiger partial charge in [-0.1, -0.05) is 36.4 Å². The first-order valence-corrected chi connectivity index (χ1v) is 12.7. The number of para-hydroxylation sites is 1. The number of anilines is 1. The van der Waals surface area contributed by atoms with E-state index in [1.165, 1.54) is 12.1 Å². The molecule has 1 N–H and O–H groups in total. The van der Waals surface area contributed by atoms with E-state index in [9.17, 15) is 19.3 Å². The number of nitro groups is 1. The predicted octanol–water partition coefficient (Wildman–Crippen LogP) is 5.22. The molecule has 1 amide bonds. The van der Waals surface area contributed by atoms with Gasteiger partial charge < -0.3 is 10.1 Å². The second-order valence-corrected chi connectivity index (χ2v) is 10.4. The normalized spacial score (nSPS) is 26.6. The molecule has 184 valence electrons. The number of benzene rings is 3. The molecule has 3 aliphatic rings. The first-order chi connectivity index (χ1) is 17.4. The maximum absolute atomic E-state index is 13.5. The molecule has 3 aromatic rings. The van der Waals surface area contributed by atoms with Gasteiger partial charge in [0.2, 0.25) is 0 Å². The first-order valence-electron chi connectivity index (χ1n) is 11.9. The standard InChI is InChI=1S/C27H23BrFN3O4/c28-20-14-17(10-11-23(20)36-15-16-5-3-6-18(29)13-16)24-22-9-4-12-31(22)27(25(24)32(34)35)19-7-1-2-8-21(19)30-26(27)33/h1-3,5-8,10-11,13-14,22,24-25H,4,9,12,15H2,(H,30,33)/t22-,24-,25+,27-/m0/s1. The fourth-order valence-electron chi connectivity index (χ4n) is 6.40. The number of fused-ring (bicyclic) bond motifs is 4. The molecule has 0 radical (unpaired) electrons. The average Bonchev–Trinajstić information content (AvgIpc) is 3.51. The first kappa shape index (κ1) is 23.1. The molecule has 0 aromatic heterocycles. The van der Waals surface area contributed by atoms with Gasteiger partial charge in [-0.25, -0.2) is 4.39 Å². The zero-order valence-electron chi connectivity index (χ0n) is 19.2. The van der Waals surface area contributed by atoms with Crippen molar-refractivity contribution in [1.82, 2.24) is 4.90 Å². The molecule has 2 fully saturated rings. The molecule has 1 spiro atoms. The summed E-state index contributed by atoms with van der Waals surface area (Å²) in [7, 11) is 0. The van der Waals surface area contributed by atoms with Crippen LogP contribution in [0.2, 0.25) is 0 Å². The van der Waals surface area contributed by atoms with Gasteiger partial charge in [-0.15, -0.1) is 0 Å². The lowest BCUT2D eigenvalue weighted by molar-refractivity contribution is -0.534. The summed E-state index contributed by atoms with van der Waals surface area (Å²) in [5.41, 5.74) is 1.46. The van der Waals surface area contributed by atoms with E-state index >= 15 is 0 Å². The van der Waals surface area contributed by atoms with Crippen molar-refractivity contribution in [1.29, 1.82) is 0 Å². The van der Waals surface area contributed by atoms with Crippen molar-refractivity contribution >= 4 is 27.5 Å². The SMILES string of the molecule is O=C1Nc2ccccc2[C@]12[C@H]([N+](=O)[O-])[C@@H](c1ccc(OCc3cccc(F)c3)c(Br)c1)[C@@H]1CCCN12. The van der Waals surface area contributed by atoms with Crippen LogP contribution in [0.25, 0.3) is 0 Å². The maximum Gasteiger partial charge on any atom is 0.256 e. The largest absolute Gasteiger partial charge is 0.488 e. The van der Waals surface area contributed by atoms with Gasteiger partial charge in [0.15, 0.2) is 5.54 Å². The Morgan fingerprint density at radius 3 is 2.78 bits per heavy atom. The average molecular weight is 552 g/mol. The highest BCUT2D eigenvalue weighted by Gasteiger charge is 2.73. The Balaban J connectivity index is 1.38. The summed E-state index contributed by atoms with van der Waals surface area (Å²) in [6, 6.07) is 17.7. The highest BCUT2D eigenvalue weighted by atomic mass is 79.9. The van der Waals surface area contributed by atoms with Gasteiger partial charge in [0.05, 0.1) is 10.4 Å². The lowest BCUT2D eigenvalue weighted by Crippen LogP contribution is -2.55. The van der Waals surface area contributed by atoms with Crippen LogP contribution in [0, 0.1) is 15.9 Å². The highest BCUT2D eigenvalue weighted by molar-refractivity contribution is 9.10. The van der Waals surface area contributed by atoms with Gasteiger partial charge in [-0.3, -0.25) is 19.8 Å². The molecule has 36 heavy (non-hydrogen) atoms. The molecular weight excluding hydrogens is 529 g/mol. The van der Waals surface area contributed by atoms with Crippen molar-refractivity contribution in [3.05, 3.63) is 104 Å². The van der Waals surface area contributed by atoms with Crippen LogP contribution >= 0.6 is 15.9 Å². The molecule has 0 saturated carbocycles. The van der Waals surface area contributed by atoms with Crippen LogP contribution in [0.15, 0.2) is 71.2 Å². The number of rotatable bonds is 5. The highest BCUT2D eigenvalue weighted by Crippen LogP contribution is 2.58. The van der Waals surface area contributed by atoms with Crippen molar-refractivity contribution < 1.29 is 18.8 Å². The summed E-state index contributed by atoms with van der Waals surface area (Å²) in [4.78, 5) is 28.0. The Bertz CT molecular complexity index is 1380. The van der Waals surface area contributed by atoms with Gasteiger partial charge in [0.1, 0.15) is 18.2 Å². The molecule has 6 rings (SSSR count). The number of carbonyl (C=O) groups is 1. The van der Waals surface area contributed by atoms with E-state index in [2.05, 4.69) is 26.1 Å². The molecule has 0 unspecified atom stereocenters. The minimum atomic E-state index is -1.34. The Morgan fingerprint density at radius 2 is 2.00 bits per heavy atom. The summed E-state index contributed by atoms with van der Waals surface area (Å²) in [6.45, 7) is 0.816. The zero-order valence-corrected chi connectivity index (χ0v) is 20.8. The minimum Gasteiger partial charge on any atom is -0.488 e. The number of nitrogens with zero attached hydrogens (tertiary/aromatic N) is 2. The summed E-state index contributed by atoms with van der Waals surface area (Å²) < 4.78 is 20.0. The lowest BCUT2D eigenvalue weighted by atomic mass is 9.77. The summed E-state index contributed by atoms with van der Waals surface area (Å²) in [5.74, 6) is -0.576. The number of hydrogen-bond acceptors (Lipinski definition) is 5. The van der Waals surface area contributed by atoms with E-state index in [1.54, 1.807) is 24.3 Å².